The molecule has 0 spiro atoms. The van der Waals surface area contributed by atoms with E-state index >= 15 is 0 Å². The molecule has 2 fully saturated rings. The van der Waals surface area contributed by atoms with Crippen LogP contribution < -0.4 is 0 Å². The maximum absolute atomic E-state index is 2.56. The Labute approximate surface area is 182 Å². The van der Waals surface area contributed by atoms with Crippen LogP contribution in [0.4, 0.5) is 0 Å². The molecule has 2 bridgehead atoms. The highest BCUT2D eigenvalue weighted by Gasteiger charge is 2.45. The lowest BCUT2D eigenvalue weighted by molar-refractivity contribution is 0.0780. The third kappa shape index (κ3) is 3.39. The van der Waals surface area contributed by atoms with Crippen LogP contribution in [0.3, 0.4) is 0 Å². The summed E-state index contributed by atoms with van der Waals surface area (Å²) in [6, 6.07) is 19.1. The summed E-state index contributed by atoms with van der Waals surface area (Å²) >= 11 is 0. The van der Waals surface area contributed by atoms with Gasteiger partial charge in [0, 0.05) is 0 Å². The summed E-state index contributed by atoms with van der Waals surface area (Å²) in [6.45, 7) is 11.7. The molecule has 2 aliphatic rings. The van der Waals surface area contributed by atoms with E-state index in [1.807, 2.05) is 0 Å². The number of rotatable bonds is 2. The van der Waals surface area contributed by atoms with Gasteiger partial charge in [-0.1, -0.05) is 61.9 Å². The molecule has 0 radical (unpaired) electrons. The van der Waals surface area contributed by atoms with Crippen molar-refractivity contribution in [2.24, 2.45) is 17.8 Å². The standard InChI is InChI=1S/C30H36/c1-19-10-23(5)28-14-26(8-7-25(28)13-19)29-15-27(9-6-22(29)4)30-16-20(2)11-24(18-30)12-21(3)17-30/h6-10,13-15,20-21,24H,11-12,16-18H2,1-5H3. The maximum Gasteiger partial charge on any atom is -0.00390 e. The van der Waals surface area contributed by atoms with Crippen LogP contribution >= 0.6 is 0 Å². The van der Waals surface area contributed by atoms with E-state index in [2.05, 4.69) is 83.1 Å². The van der Waals surface area contributed by atoms with Crippen molar-refractivity contribution in [1.29, 1.82) is 0 Å². The predicted molar refractivity (Wildman–Crippen MR) is 130 cm³/mol. The van der Waals surface area contributed by atoms with Crippen molar-refractivity contribution in [3.8, 4) is 11.1 Å². The zero-order valence-electron chi connectivity index (χ0n) is 19.4. The summed E-state index contributed by atoms with van der Waals surface area (Å²) in [4.78, 5) is 0. The van der Waals surface area contributed by atoms with Gasteiger partial charge in [-0.25, -0.2) is 0 Å². The number of benzene rings is 3. The fourth-order valence-corrected chi connectivity index (χ4v) is 7.22. The molecule has 156 valence electrons. The molecule has 2 saturated carbocycles. The van der Waals surface area contributed by atoms with Gasteiger partial charge in [0.2, 0.25) is 0 Å². The summed E-state index contributed by atoms with van der Waals surface area (Å²) in [5.41, 5.74) is 8.91. The van der Waals surface area contributed by atoms with Crippen LogP contribution in [-0.4, -0.2) is 0 Å². The van der Waals surface area contributed by atoms with E-state index in [9.17, 15) is 0 Å². The molecule has 2 atom stereocenters. The molecule has 0 amide bonds. The topological polar surface area (TPSA) is 0 Å². The first-order valence-electron chi connectivity index (χ1n) is 12.0. The number of hydrogen-bond donors (Lipinski definition) is 0. The molecule has 0 aliphatic heterocycles. The Morgan fingerprint density at radius 3 is 2.20 bits per heavy atom. The number of hydrogen-bond acceptors (Lipinski definition) is 0. The summed E-state index contributed by atoms with van der Waals surface area (Å²) in [7, 11) is 0. The molecule has 0 nitrogen and oxygen atoms in total. The van der Waals surface area contributed by atoms with Crippen molar-refractivity contribution in [1.82, 2.24) is 0 Å². The molecular formula is C30H36. The quantitative estimate of drug-likeness (QED) is 0.407. The second kappa shape index (κ2) is 7.26. The summed E-state index contributed by atoms with van der Waals surface area (Å²) < 4.78 is 0. The van der Waals surface area contributed by atoms with Gasteiger partial charge in [0.1, 0.15) is 0 Å². The fourth-order valence-electron chi connectivity index (χ4n) is 7.22. The Balaban J connectivity index is 1.61. The molecule has 2 unspecified atom stereocenters. The lowest BCUT2D eigenvalue weighted by atomic mass is 9.54. The second-order valence-electron chi connectivity index (χ2n) is 11.0. The molecule has 3 aromatic rings. The zero-order chi connectivity index (χ0) is 21.0. The largest absolute Gasteiger partial charge is 0.0625 e. The minimum atomic E-state index is 0.395. The molecule has 0 saturated heterocycles. The fraction of sp³-hybridized carbons (Fsp3) is 0.467. The van der Waals surface area contributed by atoms with E-state index in [0.717, 1.165) is 17.8 Å². The molecule has 0 aromatic heterocycles. The number of aryl methyl sites for hydroxylation is 3. The molecular weight excluding hydrogens is 360 g/mol. The van der Waals surface area contributed by atoms with Crippen molar-refractivity contribution in [2.75, 3.05) is 0 Å². The van der Waals surface area contributed by atoms with Crippen LogP contribution in [0.15, 0.2) is 48.5 Å². The highest BCUT2D eigenvalue weighted by Crippen LogP contribution is 2.54. The predicted octanol–water partition coefficient (Wildman–Crippen LogP) is 8.54. The molecule has 5 rings (SSSR count). The second-order valence-corrected chi connectivity index (χ2v) is 11.0. The normalized spacial score (nSPS) is 28.6. The highest BCUT2D eigenvalue weighted by atomic mass is 14.5. The van der Waals surface area contributed by atoms with Crippen molar-refractivity contribution in [2.45, 2.75) is 72.1 Å². The van der Waals surface area contributed by atoms with Gasteiger partial charge in [0.25, 0.3) is 0 Å². The lowest BCUT2D eigenvalue weighted by Gasteiger charge is -2.50. The molecule has 3 aromatic carbocycles. The Morgan fingerprint density at radius 1 is 0.733 bits per heavy atom. The van der Waals surface area contributed by atoms with E-state index in [1.165, 1.54) is 70.7 Å². The van der Waals surface area contributed by atoms with E-state index in [4.69, 9.17) is 0 Å². The van der Waals surface area contributed by atoms with Crippen LogP contribution in [-0.2, 0) is 5.41 Å². The van der Waals surface area contributed by atoms with Gasteiger partial charge in [0.05, 0.1) is 0 Å². The molecule has 0 heterocycles. The summed E-state index contributed by atoms with van der Waals surface area (Å²) in [5, 5.41) is 2.74. The Morgan fingerprint density at radius 2 is 1.47 bits per heavy atom. The van der Waals surface area contributed by atoms with Crippen molar-refractivity contribution in [3.63, 3.8) is 0 Å². The van der Waals surface area contributed by atoms with E-state index in [1.54, 1.807) is 5.56 Å². The van der Waals surface area contributed by atoms with Crippen LogP contribution in [0.5, 0.6) is 0 Å². The minimum absolute atomic E-state index is 0.395. The van der Waals surface area contributed by atoms with Crippen LogP contribution in [0.2, 0.25) is 0 Å². The first kappa shape index (κ1) is 19.9. The Bertz CT molecular complexity index is 1080. The molecule has 0 N–H and O–H groups in total. The van der Waals surface area contributed by atoms with Gasteiger partial charge < -0.3 is 0 Å². The zero-order valence-corrected chi connectivity index (χ0v) is 19.4. The van der Waals surface area contributed by atoms with Crippen molar-refractivity contribution >= 4 is 10.8 Å². The van der Waals surface area contributed by atoms with Gasteiger partial charge in [0.15, 0.2) is 0 Å². The van der Waals surface area contributed by atoms with Gasteiger partial charge in [-0.3, -0.25) is 0 Å². The first-order valence-corrected chi connectivity index (χ1v) is 12.0. The minimum Gasteiger partial charge on any atom is -0.0625 e. The summed E-state index contributed by atoms with van der Waals surface area (Å²) in [5.74, 6) is 2.63. The van der Waals surface area contributed by atoms with Gasteiger partial charge in [-0.2, -0.15) is 0 Å². The third-order valence-electron chi connectivity index (χ3n) is 8.10. The smallest absolute Gasteiger partial charge is 0.00390 e. The maximum atomic E-state index is 2.56. The average molecular weight is 397 g/mol. The monoisotopic (exact) mass is 396 g/mol. The molecule has 2 aliphatic carbocycles. The Hall–Kier alpha value is -2.08. The summed E-state index contributed by atoms with van der Waals surface area (Å²) in [6.07, 6.45) is 7.02. The van der Waals surface area contributed by atoms with Gasteiger partial charge >= 0.3 is 0 Å². The van der Waals surface area contributed by atoms with Gasteiger partial charge in [-0.15, -0.1) is 0 Å². The third-order valence-corrected chi connectivity index (χ3v) is 8.10. The van der Waals surface area contributed by atoms with Crippen molar-refractivity contribution in [3.05, 3.63) is 70.8 Å². The first-order chi connectivity index (χ1) is 14.3. The van der Waals surface area contributed by atoms with Crippen molar-refractivity contribution < 1.29 is 0 Å². The van der Waals surface area contributed by atoms with Crippen LogP contribution in [0, 0.1) is 38.5 Å². The molecule has 30 heavy (non-hydrogen) atoms. The van der Waals surface area contributed by atoms with Gasteiger partial charge in [-0.05, 0) is 121 Å². The van der Waals surface area contributed by atoms with E-state index in [-0.39, 0.29) is 0 Å². The molecule has 0 heteroatoms. The highest BCUT2D eigenvalue weighted by molar-refractivity contribution is 5.90. The lowest BCUT2D eigenvalue weighted by Crippen LogP contribution is -2.42. The Kier molecular flexibility index (Phi) is 4.80. The van der Waals surface area contributed by atoms with Crippen LogP contribution in [0.1, 0.15) is 68.2 Å². The van der Waals surface area contributed by atoms with E-state index in [0.29, 0.717) is 5.41 Å². The SMILES string of the molecule is Cc1cc(C)c2cc(-c3cc(C45CC(C)CC(CC(C)C4)C5)ccc3C)ccc2c1. The average Bonchev–Trinajstić information content (AvgIpc) is 2.67. The van der Waals surface area contributed by atoms with E-state index < -0.39 is 0 Å². The number of fused-ring (bicyclic) bond motifs is 3. The van der Waals surface area contributed by atoms with Crippen LogP contribution in [0.25, 0.3) is 21.9 Å².